The van der Waals surface area contributed by atoms with Gasteiger partial charge in [0.25, 0.3) is 0 Å². The lowest BCUT2D eigenvalue weighted by atomic mass is 9.91. The first kappa shape index (κ1) is 19.6. The molecular weight excluding hydrogens is 374 g/mol. The number of amides is 1. The van der Waals surface area contributed by atoms with Crippen LogP contribution < -0.4 is 0 Å². The average Bonchev–Trinajstić information content (AvgIpc) is 3.26. The number of halogens is 2. The summed E-state index contributed by atoms with van der Waals surface area (Å²) in [5.41, 5.74) is 2.00. The zero-order valence-electron chi connectivity index (χ0n) is 16.8. The molecule has 0 saturated carbocycles. The van der Waals surface area contributed by atoms with Gasteiger partial charge in [0.15, 0.2) is 5.58 Å². The number of aromatic nitrogens is 1. The molecular formula is C23H24F2N2O2. The Kier molecular flexibility index (Phi) is 4.89. The van der Waals surface area contributed by atoms with Crippen molar-refractivity contribution in [2.24, 2.45) is 5.41 Å². The summed E-state index contributed by atoms with van der Waals surface area (Å²) in [6, 6.07) is 8.53. The minimum Gasteiger partial charge on any atom is -0.438 e. The van der Waals surface area contributed by atoms with Crippen molar-refractivity contribution in [1.29, 1.82) is 0 Å². The van der Waals surface area contributed by atoms with Crippen LogP contribution in [0.25, 0.3) is 22.2 Å². The predicted octanol–water partition coefficient (Wildman–Crippen LogP) is 5.87. The normalized spacial score (nSPS) is 17.3. The number of rotatable bonds is 3. The fourth-order valence-electron chi connectivity index (χ4n) is 3.86. The molecule has 0 aliphatic carbocycles. The fourth-order valence-corrected chi connectivity index (χ4v) is 3.86. The van der Waals surface area contributed by atoms with Crippen LogP contribution in [-0.4, -0.2) is 22.3 Å². The molecule has 6 heteroatoms. The molecule has 0 bridgehead atoms. The van der Waals surface area contributed by atoms with Crippen LogP contribution in [0.2, 0.25) is 0 Å². The smallest absolute Gasteiger partial charge is 0.223 e. The third kappa shape index (κ3) is 4.02. The Bertz CT molecular complexity index is 1070. The van der Waals surface area contributed by atoms with Crippen molar-refractivity contribution < 1.29 is 18.0 Å². The molecule has 0 N–H and O–H groups in total. The van der Waals surface area contributed by atoms with E-state index in [1.165, 1.54) is 12.1 Å². The standard InChI is InChI=1S/C23H24F2N2O2/c1-23(2,3)13-21(28)27-10-4-5-19(27)22-26-18-11-14(6-9-20(18)29-22)16-8-7-15(24)12-17(16)25/h6-9,11-12,19H,4-5,10,13H2,1-3H3/t19-/m0/s1. The van der Waals surface area contributed by atoms with Crippen molar-refractivity contribution in [2.45, 2.75) is 46.1 Å². The summed E-state index contributed by atoms with van der Waals surface area (Å²) in [6.45, 7) is 6.84. The first-order valence-electron chi connectivity index (χ1n) is 9.87. The number of oxazole rings is 1. The summed E-state index contributed by atoms with van der Waals surface area (Å²) in [4.78, 5) is 19.2. The summed E-state index contributed by atoms with van der Waals surface area (Å²) < 4.78 is 33.3. The highest BCUT2D eigenvalue weighted by molar-refractivity contribution is 5.81. The minimum absolute atomic E-state index is 0.0837. The van der Waals surface area contributed by atoms with Gasteiger partial charge >= 0.3 is 0 Å². The van der Waals surface area contributed by atoms with E-state index >= 15 is 0 Å². The van der Waals surface area contributed by atoms with Crippen molar-refractivity contribution in [3.05, 3.63) is 53.9 Å². The molecule has 1 amide bonds. The molecule has 2 aromatic carbocycles. The largest absolute Gasteiger partial charge is 0.438 e. The Hall–Kier alpha value is -2.76. The molecule has 0 spiro atoms. The highest BCUT2D eigenvalue weighted by Crippen LogP contribution is 2.36. The van der Waals surface area contributed by atoms with Crippen LogP contribution in [0.4, 0.5) is 8.78 Å². The molecule has 1 aliphatic heterocycles. The lowest BCUT2D eigenvalue weighted by Crippen LogP contribution is -2.33. The molecule has 4 nitrogen and oxygen atoms in total. The number of hydrogen-bond acceptors (Lipinski definition) is 3. The van der Waals surface area contributed by atoms with Gasteiger partial charge in [-0.2, -0.15) is 0 Å². The van der Waals surface area contributed by atoms with Gasteiger partial charge in [-0.1, -0.05) is 26.8 Å². The first-order valence-corrected chi connectivity index (χ1v) is 9.87. The molecule has 1 aromatic heterocycles. The molecule has 3 aromatic rings. The van der Waals surface area contributed by atoms with E-state index in [2.05, 4.69) is 4.98 Å². The zero-order chi connectivity index (χ0) is 20.8. The third-order valence-electron chi connectivity index (χ3n) is 5.19. The number of carbonyl (C=O) groups excluding carboxylic acids is 1. The van der Waals surface area contributed by atoms with E-state index in [0.29, 0.717) is 41.1 Å². The van der Waals surface area contributed by atoms with Crippen LogP contribution >= 0.6 is 0 Å². The maximum absolute atomic E-state index is 14.1. The van der Waals surface area contributed by atoms with Gasteiger partial charge in [0, 0.05) is 24.6 Å². The highest BCUT2D eigenvalue weighted by atomic mass is 19.1. The lowest BCUT2D eigenvalue weighted by molar-refractivity contribution is -0.134. The number of nitrogens with zero attached hydrogens (tertiary/aromatic N) is 2. The fraction of sp³-hybridized carbons (Fsp3) is 0.391. The van der Waals surface area contributed by atoms with E-state index in [9.17, 15) is 13.6 Å². The van der Waals surface area contributed by atoms with Crippen molar-refractivity contribution in [2.75, 3.05) is 6.54 Å². The summed E-state index contributed by atoms with van der Waals surface area (Å²) in [5, 5.41) is 0. The molecule has 1 atom stereocenters. The van der Waals surface area contributed by atoms with E-state index < -0.39 is 11.6 Å². The number of benzene rings is 2. The highest BCUT2D eigenvalue weighted by Gasteiger charge is 2.34. The molecule has 1 aliphatic rings. The minimum atomic E-state index is -0.622. The number of likely N-dealkylation sites (tertiary alicyclic amines) is 1. The van der Waals surface area contributed by atoms with Gasteiger partial charge in [0.1, 0.15) is 23.2 Å². The van der Waals surface area contributed by atoms with E-state index in [4.69, 9.17) is 4.42 Å². The summed E-state index contributed by atoms with van der Waals surface area (Å²) in [5.74, 6) is -0.618. The zero-order valence-corrected chi connectivity index (χ0v) is 16.8. The van der Waals surface area contributed by atoms with Gasteiger partial charge in [-0.05, 0) is 48.1 Å². The van der Waals surface area contributed by atoms with Crippen molar-refractivity contribution in [1.82, 2.24) is 9.88 Å². The van der Waals surface area contributed by atoms with Crippen LogP contribution in [0.1, 0.15) is 52.0 Å². The lowest BCUT2D eigenvalue weighted by Gasteiger charge is -2.26. The van der Waals surface area contributed by atoms with Crippen LogP contribution in [0, 0.1) is 17.0 Å². The second-order valence-corrected chi connectivity index (χ2v) is 8.84. The molecule has 2 heterocycles. The second kappa shape index (κ2) is 7.25. The predicted molar refractivity (Wildman–Crippen MR) is 107 cm³/mol. The van der Waals surface area contributed by atoms with Gasteiger partial charge in [-0.3, -0.25) is 4.79 Å². The van der Waals surface area contributed by atoms with E-state index in [0.717, 1.165) is 18.9 Å². The molecule has 152 valence electrons. The Balaban J connectivity index is 1.64. The number of carbonyl (C=O) groups is 1. The van der Waals surface area contributed by atoms with Crippen LogP contribution in [0.3, 0.4) is 0 Å². The molecule has 1 saturated heterocycles. The summed E-state index contributed by atoms with van der Waals surface area (Å²) in [6.07, 6.45) is 2.19. The van der Waals surface area contributed by atoms with Gasteiger partial charge in [0.2, 0.25) is 11.8 Å². The van der Waals surface area contributed by atoms with Gasteiger partial charge in [0.05, 0.1) is 0 Å². The van der Waals surface area contributed by atoms with Crippen LogP contribution in [0.5, 0.6) is 0 Å². The average molecular weight is 398 g/mol. The quantitative estimate of drug-likeness (QED) is 0.554. The van der Waals surface area contributed by atoms with Crippen LogP contribution in [0.15, 0.2) is 40.8 Å². The first-order chi connectivity index (χ1) is 13.7. The maximum Gasteiger partial charge on any atom is 0.223 e. The Morgan fingerprint density at radius 2 is 2.00 bits per heavy atom. The molecule has 4 rings (SSSR count). The van der Waals surface area contributed by atoms with Crippen molar-refractivity contribution in [3.63, 3.8) is 0 Å². The van der Waals surface area contributed by atoms with Crippen molar-refractivity contribution >= 4 is 17.0 Å². The Morgan fingerprint density at radius 3 is 2.72 bits per heavy atom. The maximum atomic E-state index is 14.1. The summed E-state index contributed by atoms with van der Waals surface area (Å²) in [7, 11) is 0. The van der Waals surface area contributed by atoms with E-state index in [-0.39, 0.29) is 17.4 Å². The van der Waals surface area contributed by atoms with Crippen molar-refractivity contribution in [3.8, 4) is 11.1 Å². The molecule has 0 unspecified atom stereocenters. The SMILES string of the molecule is CC(C)(C)CC(=O)N1CCC[C@H]1c1nc2cc(-c3ccc(F)cc3F)ccc2o1. The number of fused-ring (bicyclic) bond motifs is 1. The van der Waals surface area contributed by atoms with E-state index in [1.807, 2.05) is 25.7 Å². The number of hydrogen-bond donors (Lipinski definition) is 0. The van der Waals surface area contributed by atoms with Gasteiger partial charge in [-0.25, -0.2) is 13.8 Å². The Labute approximate surface area is 168 Å². The summed E-state index contributed by atoms with van der Waals surface area (Å²) >= 11 is 0. The second-order valence-electron chi connectivity index (χ2n) is 8.84. The Morgan fingerprint density at radius 1 is 1.21 bits per heavy atom. The third-order valence-corrected chi connectivity index (χ3v) is 5.19. The molecule has 29 heavy (non-hydrogen) atoms. The monoisotopic (exact) mass is 398 g/mol. The molecule has 1 fully saturated rings. The van der Waals surface area contributed by atoms with Gasteiger partial charge < -0.3 is 9.32 Å². The topological polar surface area (TPSA) is 46.3 Å². The van der Waals surface area contributed by atoms with Crippen LogP contribution in [-0.2, 0) is 4.79 Å². The molecule has 0 radical (unpaired) electrons. The van der Waals surface area contributed by atoms with E-state index in [1.54, 1.807) is 18.2 Å². The van der Waals surface area contributed by atoms with Gasteiger partial charge in [-0.15, -0.1) is 0 Å².